The molecule has 3 aromatic heterocycles. The van der Waals surface area contributed by atoms with Crippen molar-refractivity contribution in [1.82, 2.24) is 29.0 Å². The Kier molecular flexibility index (Phi) is 9.40. The van der Waals surface area contributed by atoms with Gasteiger partial charge in [0.05, 0.1) is 35.1 Å². The van der Waals surface area contributed by atoms with Crippen LogP contribution < -0.4 is 10.3 Å². The van der Waals surface area contributed by atoms with Gasteiger partial charge in [-0.25, -0.2) is 8.42 Å². The van der Waals surface area contributed by atoms with Crippen LogP contribution in [-0.4, -0.2) is 70.2 Å². The van der Waals surface area contributed by atoms with Crippen LogP contribution in [0.15, 0.2) is 58.4 Å². The number of rotatable bonds is 12. The molecule has 0 unspecified atom stereocenters. The summed E-state index contributed by atoms with van der Waals surface area (Å²) in [6, 6.07) is 12.3. The number of pyridine rings is 2. The Labute approximate surface area is 247 Å². The molecule has 42 heavy (non-hydrogen) atoms. The Morgan fingerprint density at radius 2 is 1.88 bits per heavy atom. The molecule has 10 nitrogen and oxygen atoms in total. The standard InChI is InChI=1S/C31H40N6O4S/c1-4-11-27-26-21-28(33-31(38)30(26)35(3)34-27)25-20-24(13-14-29(25)41-5-2)42(39,40)37(22-23-12-7-8-15-32-23)19-18-36-16-9-6-10-17-36/h7-8,12-15,20-21H,4-6,9-11,16-19,22H2,1-3H3,(H,33,38). The minimum Gasteiger partial charge on any atom is -0.493 e. The van der Waals surface area contributed by atoms with Crippen molar-refractivity contribution in [1.29, 1.82) is 0 Å². The summed E-state index contributed by atoms with van der Waals surface area (Å²) < 4.78 is 37.5. The van der Waals surface area contributed by atoms with Crippen molar-refractivity contribution in [3.63, 3.8) is 0 Å². The van der Waals surface area contributed by atoms with Crippen LogP contribution >= 0.6 is 0 Å². The fraction of sp³-hybridized carbons (Fsp3) is 0.452. The zero-order chi connectivity index (χ0) is 29.7. The third-order valence-electron chi connectivity index (χ3n) is 7.76. The van der Waals surface area contributed by atoms with Crippen LogP contribution in [-0.2, 0) is 30.0 Å². The highest BCUT2D eigenvalue weighted by molar-refractivity contribution is 7.89. The van der Waals surface area contributed by atoms with E-state index in [2.05, 4.69) is 26.9 Å². The van der Waals surface area contributed by atoms with E-state index in [0.717, 1.165) is 49.9 Å². The van der Waals surface area contributed by atoms with Crippen molar-refractivity contribution < 1.29 is 13.2 Å². The summed E-state index contributed by atoms with van der Waals surface area (Å²) in [5.74, 6) is 0.497. The SMILES string of the molecule is CCCc1nn(C)c2c(=O)[nH]c(-c3cc(S(=O)(=O)N(CCN4CCCCC4)Cc4ccccn4)ccc3OCC)cc12. The van der Waals surface area contributed by atoms with E-state index in [1.165, 1.54) is 10.7 Å². The lowest BCUT2D eigenvalue weighted by Gasteiger charge is -2.29. The summed E-state index contributed by atoms with van der Waals surface area (Å²) in [4.78, 5) is 23.0. The van der Waals surface area contributed by atoms with E-state index in [4.69, 9.17) is 4.74 Å². The molecule has 1 aliphatic rings. The van der Waals surface area contributed by atoms with Crippen LogP contribution in [0.3, 0.4) is 0 Å². The Hall–Kier alpha value is -3.54. The first-order chi connectivity index (χ1) is 20.3. The van der Waals surface area contributed by atoms with Gasteiger partial charge in [-0.2, -0.15) is 9.40 Å². The fourth-order valence-electron chi connectivity index (χ4n) is 5.65. The molecule has 0 amide bonds. The molecular formula is C31H40N6O4S. The van der Waals surface area contributed by atoms with Crippen LogP contribution in [0.4, 0.5) is 0 Å². The number of piperidine rings is 1. The van der Waals surface area contributed by atoms with E-state index in [1.54, 1.807) is 36.1 Å². The highest BCUT2D eigenvalue weighted by atomic mass is 32.2. The number of fused-ring (bicyclic) bond motifs is 1. The summed E-state index contributed by atoms with van der Waals surface area (Å²) >= 11 is 0. The van der Waals surface area contributed by atoms with Gasteiger partial charge in [-0.1, -0.05) is 25.8 Å². The molecule has 4 heterocycles. The molecule has 0 saturated carbocycles. The van der Waals surface area contributed by atoms with E-state index in [1.807, 2.05) is 31.2 Å². The lowest BCUT2D eigenvalue weighted by Crippen LogP contribution is -2.40. The molecule has 1 aliphatic heterocycles. The number of hydrogen-bond donors (Lipinski definition) is 1. The number of nitrogens with zero attached hydrogens (tertiary/aromatic N) is 5. The van der Waals surface area contributed by atoms with Gasteiger partial charge in [0, 0.05) is 37.3 Å². The third kappa shape index (κ3) is 6.43. The minimum atomic E-state index is -3.92. The first kappa shape index (κ1) is 29.9. The molecule has 1 fully saturated rings. The highest BCUT2D eigenvalue weighted by Crippen LogP contribution is 2.34. The number of aromatic amines is 1. The number of likely N-dealkylation sites (tertiary alicyclic amines) is 1. The number of ether oxygens (including phenoxy) is 1. The predicted molar refractivity (Wildman–Crippen MR) is 164 cm³/mol. The lowest BCUT2D eigenvalue weighted by molar-refractivity contribution is 0.211. The smallest absolute Gasteiger partial charge is 0.274 e. The Balaban J connectivity index is 1.56. The number of H-pyrrole nitrogens is 1. The molecule has 11 heteroatoms. The predicted octanol–water partition coefficient (Wildman–Crippen LogP) is 4.35. The normalized spacial score (nSPS) is 14.6. The summed E-state index contributed by atoms with van der Waals surface area (Å²) in [5.41, 5.74) is 2.72. The van der Waals surface area contributed by atoms with Gasteiger partial charge in [-0.05, 0) is 75.7 Å². The molecule has 1 N–H and O–H groups in total. The molecule has 0 radical (unpaired) electrons. The largest absolute Gasteiger partial charge is 0.493 e. The minimum absolute atomic E-state index is 0.136. The zero-order valence-electron chi connectivity index (χ0n) is 24.7. The number of hydrogen-bond acceptors (Lipinski definition) is 7. The number of benzene rings is 1. The first-order valence-corrected chi connectivity index (χ1v) is 16.2. The zero-order valence-corrected chi connectivity index (χ0v) is 25.5. The van der Waals surface area contributed by atoms with Gasteiger partial charge in [0.1, 0.15) is 11.3 Å². The Morgan fingerprint density at radius 1 is 1.07 bits per heavy atom. The van der Waals surface area contributed by atoms with Gasteiger partial charge in [-0.3, -0.25) is 14.5 Å². The summed E-state index contributed by atoms with van der Waals surface area (Å²) in [6.45, 7) is 7.46. The van der Waals surface area contributed by atoms with Crippen molar-refractivity contribution in [3.05, 3.63) is 70.4 Å². The monoisotopic (exact) mass is 592 g/mol. The van der Waals surface area contributed by atoms with Crippen LogP contribution in [0.5, 0.6) is 5.75 Å². The van der Waals surface area contributed by atoms with E-state index in [0.29, 0.717) is 47.9 Å². The number of sulfonamides is 1. The third-order valence-corrected chi connectivity index (χ3v) is 9.60. The van der Waals surface area contributed by atoms with Gasteiger partial charge in [0.25, 0.3) is 5.56 Å². The van der Waals surface area contributed by atoms with E-state index < -0.39 is 10.0 Å². The van der Waals surface area contributed by atoms with Crippen molar-refractivity contribution in [3.8, 4) is 17.0 Å². The van der Waals surface area contributed by atoms with Crippen molar-refractivity contribution in [2.75, 3.05) is 32.8 Å². The number of aryl methyl sites for hydroxylation is 2. The van der Waals surface area contributed by atoms with Crippen molar-refractivity contribution in [2.45, 2.75) is 57.4 Å². The molecule has 4 aromatic rings. The van der Waals surface area contributed by atoms with Crippen LogP contribution in [0.2, 0.25) is 0 Å². The first-order valence-electron chi connectivity index (χ1n) is 14.8. The Morgan fingerprint density at radius 3 is 2.60 bits per heavy atom. The molecule has 1 aromatic carbocycles. The van der Waals surface area contributed by atoms with Crippen LogP contribution in [0, 0.1) is 0 Å². The number of nitrogens with one attached hydrogen (secondary N) is 1. The van der Waals surface area contributed by atoms with Crippen LogP contribution in [0.25, 0.3) is 22.2 Å². The van der Waals surface area contributed by atoms with E-state index in [9.17, 15) is 13.2 Å². The maximum Gasteiger partial charge on any atom is 0.274 e. The van der Waals surface area contributed by atoms with E-state index >= 15 is 0 Å². The average molecular weight is 593 g/mol. The second-order valence-electron chi connectivity index (χ2n) is 10.7. The van der Waals surface area contributed by atoms with Gasteiger partial charge in [-0.15, -0.1) is 0 Å². The lowest BCUT2D eigenvalue weighted by atomic mass is 10.1. The molecule has 1 saturated heterocycles. The van der Waals surface area contributed by atoms with Gasteiger partial charge in [0.2, 0.25) is 10.0 Å². The number of aromatic nitrogens is 4. The van der Waals surface area contributed by atoms with Crippen molar-refractivity contribution >= 4 is 20.9 Å². The molecule has 224 valence electrons. The Bertz CT molecular complexity index is 1680. The van der Waals surface area contributed by atoms with Crippen molar-refractivity contribution in [2.24, 2.45) is 7.05 Å². The molecule has 5 rings (SSSR count). The second-order valence-corrected chi connectivity index (χ2v) is 12.7. The topological polar surface area (TPSA) is 113 Å². The molecular weight excluding hydrogens is 552 g/mol. The summed E-state index contributed by atoms with van der Waals surface area (Å²) in [7, 11) is -2.17. The fourth-order valence-corrected chi connectivity index (χ4v) is 7.08. The summed E-state index contributed by atoms with van der Waals surface area (Å²) in [6.07, 6.45) is 6.78. The average Bonchev–Trinajstić information content (AvgIpc) is 3.31. The molecule has 0 spiro atoms. The quantitative estimate of drug-likeness (QED) is 0.260. The second kappa shape index (κ2) is 13.2. The van der Waals surface area contributed by atoms with Gasteiger partial charge >= 0.3 is 0 Å². The highest BCUT2D eigenvalue weighted by Gasteiger charge is 2.28. The molecule has 0 aliphatic carbocycles. The van der Waals surface area contributed by atoms with Crippen LogP contribution in [0.1, 0.15) is 50.9 Å². The summed E-state index contributed by atoms with van der Waals surface area (Å²) in [5, 5.41) is 5.32. The van der Waals surface area contributed by atoms with Gasteiger partial charge < -0.3 is 14.6 Å². The molecule has 0 atom stereocenters. The maximum atomic E-state index is 14.2. The maximum absolute atomic E-state index is 14.2. The van der Waals surface area contributed by atoms with E-state index in [-0.39, 0.29) is 17.0 Å². The van der Waals surface area contributed by atoms with Gasteiger partial charge in [0.15, 0.2) is 0 Å². The molecule has 0 bridgehead atoms.